The van der Waals surface area contributed by atoms with E-state index in [-0.39, 0.29) is 29.0 Å². The van der Waals surface area contributed by atoms with Gasteiger partial charge in [0, 0.05) is 19.1 Å². The molecule has 1 saturated carbocycles. The molecule has 3 unspecified atom stereocenters. The first-order valence-electron chi connectivity index (χ1n) is 7.63. The normalized spacial score (nSPS) is 24.7. The largest absolute Gasteiger partial charge is 0.484 e. The van der Waals surface area contributed by atoms with E-state index in [1.807, 2.05) is 0 Å². The first kappa shape index (κ1) is 16.5. The highest BCUT2D eigenvalue weighted by Gasteiger charge is 2.43. The molecule has 3 nitrogen and oxygen atoms in total. The molecule has 0 aromatic heterocycles. The maximum atomic E-state index is 13.9. The molecular formula is C16H23ClFNO2. The number of hydrogen-bond acceptors (Lipinski definition) is 3. The SMILES string of the molecule is CCCNC1CC(Oc2cccc(Cl)c2F)C1OCCC. The fourth-order valence-electron chi connectivity index (χ4n) is 2.44. The van der Waals surface area contributed by atoms with Crippen LogP contribution in [0.3, 0.4) is 0 Å². The van der Waals surface area contributed by atoms with Gasteiger partial charge < -0.3 is 14.8 Å². The zero-order valence-corrected chi connectivity index (χ0v) is 13.3. The van der Waals surface area contributed by atoms with Crippen molar-refractivity contribution in [2.45, 2.75) is 51.4 Å². The highest BCUT2D eigenvalue weighted by molar-refractivity contribution is 6.30. The van der Waals surface area contributed by atoms with Crippen LogP contribution in [0.1, 0.15) is 33.1 Å². The smallest absolute Gasteiger partial charge is 0.183 e. The second kappa shape index (κ2) is 7.97. The highest BCUT2D eigenvalue weighted by atomic mass is 35.5. The van der Waals surface area contributed by atoms with Crippen molar-refractivity contribution < 1.29 is 13.9 Å². The number of benzene rings is 1. The molecule has 0 heterocycles. The highest BCUT2D eigenvalue weighted by Crippen LogP contribution is 2.32. The van der Waals surface area contributed by atoms with Crippen molar-refractivity contribution in [3.8, 4) is 5.75 Å². The Kier molecular flexibility index (Phi) is 6.27. The van der Waals surface area contributed by atoms with E-state index in [2.05, 4.69) is 19.2 Å². The van der Waals surface area contributed by atoms with E-state index < -0.39 is 5.82 Å². The average Bonchev–Trinajstić information content (AvgIpc) is 2.46. The Labute approximate surface area is 130 Å². The van der Waals surface area contributed by atoms with Crippen LogP contribution < -0.4 is 10.1 Å². The monoisotopic (exact) mass is 315 g/mol. The van der Waals surface area contributed by atoms with Crippen molar-refractivity contribution in [1.29, 1.82) is 0 Å². The van der Waals surface area contributed by atoms with Crippen LogP contribution in [0.4, 0.5) is 4.39 Å². The van der Waals surface area contributed by atoms with E-state index in [4.69, 9.17) is 21.1 Å². The van der Waals surface area contributed by atoms with Crippen LogP contribution >= 0.6 is 11.6 Å². The van der Waals surface area contributed by atoms with Crippen LogP contribution in [-0.2, 0) is 4.74 Å². The third kappa shape index (κ3) is 4.09. The molecule has 1 fully saturated rings. The lowest BCUT2D eigenvalue weighted by Crippen LogP contribution is -2.61. The average molecular weight is 316 g/mol. The summed E-state index contributed by atoms with van der Waals surface area (Å²) in [6.45, 7) is 5.84. The molecule has 2 rings (SSSR count). The minimum absolute atomic E-state index is 0.0325. The maximum absolute atomic E-state index is 13.9. The minimum atomic E-state index is -0.502. The van der Waals surface area contributed by atoms with E-state index >= 15 is 0 Å². The Bertz CT molecular complexity index is 458. The predicted molar refractivity (Wildman–Crippen MR) is 82.6 cm³/mol. The van der Waals surface area contributed by atoms with Gasteiger partial charge in [-0.25, -0.2) is 4.39 Å². The molecule has 1 aromatic carbocycles. The Morgan fingerprint density at radius 1 is 1.33 bits per heavy atom. The van der Waals surface area contributed by atoms with Crippen molar-refractivity contribution in [2.24, 2.45) is 0 Å². The van der Waals surface area contributed by atoms with Gasteiger partial charge in [-0.2, -0.15) is 0 Å². The molecule has 0 aliphatic heterocycles. The summed E-state index contributed by atoms with van der Waals surface area (Å²) in [7, 11) is 0. The van der Waals surface area contributed by atoms with Crippen LogP contribution in [0.15, 0.2) is 18.2 Å². The van der Waals surface area contributed by atoms with E-state index in [9.17, 15) is 4.39 Å². The van der Waals surface area contributed by atoms with Gasteiger partial charge in [-0.05, 0) is 31.5 Å². The second-order valence-electron chi connectivity index (χ2n) is 5.34. The molecule has 5 heteroatoms. The summed E-state index contributed by atoms with van der Waals surface area (Å²) >= 11 is 5.78. The third-order valence-electron chi connectivity index (χ3n) is 3.61. The van der Waals surface area contributed by atoms with Gasteiger partial charge in [0.1, 0.15) is 12.2 Å². The van der Waals surface area contributed by atoms with Gasteiger partial charge in [0.2, 0.25) is 0 Å². The van der Waals surface area contributed by atoms with Crippen LogP contribution in [0, 0.1) is 5.82 Å². The van der Waals surface area contributed by atoms with Gasteiger partial charge in [-0.3, -0.25) is 0 Å². The lowest BCUT2D eigenvalue weighted by molar-refractivity contribution is -0.108. The molecule has 1 aliphatic rings. The molecule has 0 bridgehead atoms. The Morgan fingerprint density at radius 3 is 2.86 bits per heavy atom. The maximum Gasteiger partial charge on any atom is 0.183 e. The van der Waals surface area contributed by atoms with Crippen LogP contribution in [-0.4, -0.2) is 31.4 Å². The molecule has 0 amide bonds. The molecule has 0 saturated heterocycles. The van der Waals surface area contributed by atoms with Crippen LogP contribution in [0.5, 0.6) is 5.75 Å². The Hall–Kier alpha value is -0.840. The molecule has 0 spiro atoms. The fourth-order valence-corrected chi connectivity index (χ4v) is 2.61. The quantitative estimate of drug-likeness (QED) is 0.791. The van der Waals surface area contributed by atoms with Crippen LogP contribution in [0.2, 0.25) is 5.02 Å². The summed E-state index contributed by atoms with van der Waals surface area (Å²) in [5.41, 5.74) is 0. The zero-order valence-electron chi connectivity index (χ0n) is 12.6. The molecule has 3 atom stereocenters. The topological polar surface area (TPSA) is 30.5 Å². The number of hydrogen-bond donors (Lipinski definition) is 1. The lowest BCUT2D eigenvalue weighted by atomic mass is 9.85. The van der Waals surface area contributed by atoms with Crippen molar-refractivity contribution in [1.82, 2.24) is 5.32 Å². The molecule has 21 heavy (non-hydrogen) atoms. The van der Waals surface area contributed by atoms with Gasteiger partial charge in [0.25, 0.3) is 0 Å². The molecule has 1 aromatic rings. The van der Waals surface area contributed by atoms with E-state index in [1.54, 1.807) is 12.1 Å². The summed E-state index contributed by atoms with van der Waals surface area (Å²) in [6.07, 6.45) is 2.69. The van der Waals surface area contributed by atoms with Crippen molar-refractivity contribution in [2.75, 3.05) is 13.2 Å². The lowest BCUT2D eigenvalue weighted by Gasteiger charge is -2.44. The van der Waals surface area contributed by atoms with Gasteiger partial charge in [-0.1, -0.05) is 31.5 Å². The van der Waals surface area contributed by atoms with E-state index in [0.717, 1.165) is 25.8 Å². The van der Waals surface area contributed by atoms with E-state index in [0.29, 0.717) is 6.61 Å². The minimum Gasteiger partial charge on any atom is -0.484 e. The van der Waals surface area contributed by atoms with E-state index in [1.165, 1.54) is 6.07 Å². The number of rotatable bonds is 8. The fraction of sp³-hybridized carbons (Fsp3) is 0.625. The summed E-state index contributed by atoms with van der Waals surface area (Å²) in [5, 5.41) is 3.53. The summed E-state index contributed by atoms with van der Waals surface area (Å²) in [4.78, 5) is 0. The van der Waals surface area contributed by atoms with Crippen LogP contribution in [0.25, 0.3) is 0 Å². The third-order valence-corrected chi connectivity index (χ3v) is 3.91. The second-order valence-corrected chi connectivity index (χ2v) is 5.75. The number of halogens is 2. The number of nitrogens with one attached hydrogen (secondary N) is 1. The molecular weight excluding hydrogens is 293 g/mol. The van der Waals surface area contributed by atoms with Gasteiger partial charge in [0.05, 0.1) is 5.02 Å². The summed E-state index contributed by atoms with van der Waals surface area (Å²) in [6, 6.07) is 5.09. The zero-order chi connectivity index (χ0) is 15.2. The first-order valence-corrected chi connectivity index (χ1v) is 8.00. The summed E-state index contributed by atoms with van der Waals surface area (Å²) < 4.78 is 25.5. The van der Waals surface area contributed by atoms with Crippen molar-refractivity contribution in [3.63, 3.8) is 0 Å². The van der Waals surface area contributed by atoms with Gasteiger partial charge in [0.15, 0.2) is 11.6 Å². The first-order chi connectivity index (χ1) is 10.2. The Balaban J connectivity index is 1.97. The van der Waals surface area contributed by atoms with Crippen molar-refractivity contribution in [3.05, 3.63) is 29.0 Å². The van der Waals surface area contributed by atoms with Gasteiger partial charge in [-0.15, -0.1) is 0 Å². The Morgan fingerprint density at radius 2 is 2.14 bits per heavy atom. The molecule has 1 aliphatic carbocycles. The van der Waals surface area contributed by atoms with Gasteiger partial charge >= 0.3 is 0 Å². The predicted octanol–water partition coefficient (Wildman–Crippen LogP) is 3.79. The molecule has 1 N–H and O–H groups in total. The molecule has 118 valence electrons. The number of ether oxygens (including phenoxy) is 2. The standard InChI is InChI=1S/C16H23ClFNO2/c1-3-8-19-12-10-14(16(12)20-9-4-2)21-13-7-5-6-11(17)15(13)18/h5-7,12,14,16,19H,3-4,8-10H2,1-2H3. The van der Waals surface area contributed by atoms with Crippen molar-refractivity contribution >= 4 is 11.6 Å². The molecule has 0 radical (unpaired) electrons. The summed E-state index contributed by atoms with van der Waals surface area (Å²) in [5.74, 6) is -0.301.